The van der Waals surface area contributed by atoms with Crippen LogP contribution in [0.25, 0.3) is 41.7 Å². The highest BCUT2D eigenvalue weighted by molar-refractivity contribution is 7.31. The summed E-state index contributed by atoms with van der Waals surface area (Å²) in [5.74, 6) is -0.558. The molecular weight excluding hydrogens is 781 g/mol. The van der Waals surface area contributed by atoms with Crippen LogP contribution in [0.3, 0.4) is 0 Å². The highest BCUT2D eigenvalue weighted by Gasteiger charge is 2.39. The maximum atomic E-state index is 13.6. The molecule has 4 atom stereocenters. The normalized spacial score (nSPS) is 17.8. The van der Waals surface area contributed by atoms with Crippen molar-refractivity contribution in [1.82, 2.24) is 40.4 Å². The van der Waals surface area contributed by atoms with Crippen molar-refractivity contribution in [3.8, 4) is 32.3 Å². The third kappa shape index (κ3) is 8.32. The van der Waals surface area contributed by atoms with Gasteiger partial charge >= 0.3 is 6.09 Å². The molecule has 58 heavy (non-hydrogen) atoms. The van der Waals surface area contributed by atoms with Crippen molar-refractivity contribution in [2.75, 3.05) is 20.2 Å². The largest absolute Gasteiger partial charge is 0.453 e. The zero-order valence-corrected chi connectivity index (χ0v) is 34.5. The molecule has 6 heterocycles. The van der Waals surface area contributed by atoms with Gasteiger partial charge in [-0.2, -0.15) is 0 Å². The molecule has 0 aliphatic carbocycles. The third-order valence-corrected chi connectivity index (χ3v) is 13.1. The fourth-order valence-corrected chi connectivity index (χ4v) is 10.1. The average molecular weight is 827 g/mol. The SMILES string of the molecule is COC(=O)N[C@H](C(=O)N1CCC[C@H]1c1nc(-c2cc3sc(-c4ccc(-c5cnc([C@@H]6CCCN6C(=O)[C@@H](NC(=O)C=O)C(C)C)[nH]5)cc4)cc3s2)cc(=O)[nH]1)C(C)C. The Hall–Kier alpha value is -5.68. The minimum absolute atomic E-state index is 0.176. The van der Waals surface area contributed by atoms with Crippen LogP contribution in [0.15, 0.2) is 53.5 Å². The van der Waals surface area contributed by atoms with Crippen LogP contribution in [0.1, 0.15) is 77.1 Å². The molecule has 15 nitrogen and oxygen atoms in total. The summed E-state index contributed by atoms with van der Waals surface area (Å²) in [7, 11) is 1.26. The maximum Gasteiger partial charge on any atom is 0.407 e. The molecular formula is C41H46N8O7S2. The molecule has 0 radical (unpaired) electrons. The molecule has 2 saturated heterocycles. The minimum Gasteiger partial charge on any atom is -0.453 e. The summed E-state index contributed by atoms with van der Waals surface area (Å²) in [4.78, 5) is 96.0. The summed E-state index contributed by atoms with van der Waals surface area (Å²) < 4.78 is 6.87. The Morgan fingerprint density at radius 3 is 1.98 bits per heavy atom. The first kappa shape index (κ1) is 40.5. The number of rotatable bonds is 12. The average Bonchev–Trinajstić information content (AvgIpc) is 4.06. The summed E-state index contributed by atoms with van der Waals surface area (Å²) in [5, 5.41) is 5.20. The lowest BCUT2D eigenvalue weighted by Crippen LogP contribution is -2.51. The number of alkyl carbamates (subject to hydrolysis) is 1. The number of amides is 4. The first-order chi connectivity index (χ1) is 27.8. The highest BCUT2D eigenvalue weighted by Crippen LogP contribution is 2.42. The lowest BCUT2D eigenvalue weighted by molar-refractivity contribution is -0.140. The van der Waals surface area contributed by atoms with Gasteiger partial charge in [-0.15, -0.1) is 22.7 Å². The number of carbonyl (C=O) groups is 5. The predicted octanol–water partition coefficient (Wildman–Crippen LogP) is 5.82. The quantitative estimate of drug-likeness (QED) is 0.0885. The molecule has 2 aliphatic rings. The molecule has 0 saturated carbocycles. The molecule has 4 amide bonds. The van der Waals surface area contributed by atoms with Crippen LogP contribution in [-0.4, -0.2) is 92.1 Å². The van der Waals surface area contributed by atoms with E-state index >= 15 is 0 Å². The zero-order chi connectivity index (χ0) is 41.2. The number of imidazole rings is 1. The molecule has 7 rings (SSSR count). The first-order valence-electron chi connectivity index (χ1n) is 19.4. The topological polar surface area (TPSA) is 200 Å². The van der Waals surface area contributed by atoms with Gasteiger partial charge in [0.25, 0.3) is 11.5 Å². The fourth-order valence-electron chi connectivity index (χ4n) is 7.72. The summed E-state index contributed by atoms with van der Waals surface area (Å²) in [5.41, 5.74) is 3.05. The van der Waals surface area contributed by atoms with E-state index in [4.69, 9.17) is 9.72 Å². The summed E-state index contributed by atoms with van der Waals surface area (Å²) in [6.07, 6.45) is 4.18. The van der Waals surface area contributed by atoms with Crippen LogP contribution < -0.4 is 16.2 Å². The van der Waals surface area contributed by atoms with Gasteiger partial charge in [0.2, 0.25) is 18.1 Å². The van der Waals surface area contributed by atoms with E-state index in [9.17, 15) is 28.8 Å². The number of methoxy groups -OCH3 is 1. The summed E-state index contributed by atoms with van der Waals surface area (Å²) in [6, 6.07) is 11.6. The van der Waals surface area contributed by atoms with E-state index in [1.165, 1.54) is 13.2 Å². The van der Waals surface area contributed by atoms with Crippen molar-refractivity contribution in [2.24, 2.45) is 11.8 Å². The number of thiophene rings is 2. The van der Waals surface area contributed by atoms with Crippen LogP contribution in [0.2, 0.25) is 0 Å². The molecule has 1 aromatic carbocycles. The van der Waals surface area contributed by atoms with Gasteiger partial charge in [0, 0.05) is 33.4 Å². The standard InChI is InChI=1S/C41H46N8O7S2/c1-21(2)35(45-34(52)20-50)39(53)48-14-6-8-27(48)37-42-19-26(44-37)23-10-12-24(13-11-23)29-17-31-32(57-29)18-30(58-31)25-16-33(51)46-38(43-25)28-9-7-15-49(28)40(54)36(22(3)4)47-41(55)56-5/h10-13,16-22,27-28,35-36H,6-9,14-15H2,1-5H3,(H,42,44)(H,45,52)(H,47,55)(H,43,46,51)/t27-,28-,35-,36-/m0/s1. The van der Waals surface area contributed by atoms with Gasteiger partial charge in [-0.05, 0) is 60.8 Å². The van der Waals surface area contributed by atoms with Crippen molar-refractivity contribution >= 4 is 62.2 Å². The number of likely N-dealkylation sites (tertiary alicyclic amines) is 2. The van der Waals surface area contributed by atoms with Crippen LogP contribution >= 0.6 is 22.7 Å². The Kier molecular flexibility index (Phi) is 11.9. The van der Waals surface area contributed by atoms with Crippen molar-refractivity contribution in [3.63, 3.8) is 0 Å². The van der Waals surface area contributed by atoms with Gasteiger partial charge in [-0.1, -0.05) is 52.0 Å². The monoisotopic (exact) mass is 826 g/mol. The number of H-pyrrole nitrogens is 2. The number of aromatic amines is 2. The predicted molar refractivity (Wildman–Crippen MR) is 221 cm³/mol. The number of nitrogens with zero attached hydrogens (tertiary/aromatic N) is 4. The van der Waals surface area contributed by atoms with Crippen LogP contribution in [0.4, 0.5) is 4.79 Å². The van der Waals surface area contributed by atoms with Gasteiger partial charge < -0.3 is 35.1 Å². The van der Waals surface area contributed by atoms with Gasteiger partial charge in [0.1, 0.15) is 23.7 Å². The van der Waals surface area contributed by atoms with E-state index in [1.54, 1.807) is 38.7 Å². The maximum absolute atomic E-state index is 13.6. The molecule has 2 fully saturated rings. The van der Waals surface area contributed by atoms with Crippen LogP contribution in [0, 0.1) is 11.8 Å². The number of benzene rings is 1. The van der Waals surface area contributed by atoms with E-state index in [-0.39, 0.29) is 41.5 Å². The lowest BCUT2D eigenvalue weighted by atomic mass is 10.0. The number of carbonyl (C=O) groups excluding carboxylic acids is 5. The Morgan fingerprint density at radius 1 is 0.810 bits per heavy atom. The molecule has 0 bridgehead atoms. The molecule has 0 spiro atoms. The van der Waals surface area contributed by atoms with Crippen molar-refractivity contribution in [3.05, 3.63) is 70.7 Å². The van der Waals surface area contributed by atoms with Gasteiger partial charge in [0.15, 0.2) is 0 Å². The number of hydrogen-bond donors (Lipinski definition) is 4. The molecule has 0 unspecified atom stereocenters. The van der Waals surface area contributed by atoms with Gasteiger partial charge in [-0.25, -0.2) is 14.8 Å². The molecule has 304 valence electrons. The Balaban J connectivity index is 1.05. The third-order valence-electron chi connectivity index (χ3n) is 10.7. The second kappa shape index (κ2) is 17.0. The highest BCUT2D eigenvalue weighted by atomic mass is 32.1. The second-order valence-corrected chi connectivity index (χ2v) is 17.5. The summed E-state index contributed by atoms with van der Waals surface area (Å²) >= 11 is 3.20. The molecule has 4 N–H and O–H groups in total. The number of ether oxygens (including phenoxy) is 1. The Labute approximate surface area is 342 Å². The van der Waals surface area contributed by atoms with Gasteiger partial charge in [0.05, 0.1) is 41.7 Å². The van der Waals surface area contributed by atoms with E-state index < -0.39 is 30.1 Å². The molecule has 4 aromatic heterocycles. The lowest BCUT2D eigenvalue weighted by Gasteiger charge is -2.30. The number of hydrogen-bond acceptors (Lipinski definition) is 11. The molecule has 17 heteroatoms. The smallest absolute Gasteiger partial charge is 0.407 e. The zero-order valence-electron chi connectivity index (χ0n) is 32.9. The van der Waals surface area contributed by atoms with Crippen LogP contribution in [-0.2, 0) is 23.9 Å². The fraction of sp³-hybridized carbons (Fsp3) is 0.415. The van der Waals surface area contributed by atoms with Crippen LogP contribution in [0.5, 0.6) is 0 Å². The molecule has 2 aliphatic heterocycles. The van der Waals surface area contributed by atoms with Crippen molar-refractivity contribution < 1.29 is 28.7 Å². The number of fused-ring (bicyclic) bond motifs is 1. The summed E-state index contributed by atoms with van der Waals surface area (Å²) in [6.45, 7) is 8.40. The first-order valence-corrected chi connectivity index (χ1v) is 21.0. The Morgan fingerprint density at radius 2 is 1.38 bits per heavy atom. The number of aldehydes is 1. The number of nitrogens with one attached hydrogen (secondary N) is 4. The van der Waals surface area contributed by atoms with E-state index in [0.717, 1.165) is 55.2 Å². The van der Waals surface area contributed by atoms with E-state index in [2.05, 4.69) is 43.8 Å². The van der Waals surface area contributed by atoms with E-state index in [1.807, 2.05) is 45.9 Å². The van der Waals surface area contributed by atoms with Crippen molar-refractivity contribution in [1.29, 1.82) is 0 Å². The molecule has 5 aromatic rings. The minimum atomic E-state index is -0.813. The Bertz CT molecular complexity index is 2370. The van der Waals surface area contributed by atoms with Gasteiger partial charge in [-0.3, -0.25) is 24.0 Å². The second-order valence-electron chi connectivity index (χ2n) is 15.3. The van der Waals surface area contributed by atoms with Crippen molar-refractivity contribution in [2.45, 2.75) is 77.5 Å². The van der Waals surface area contributed by atoms with E-state index in [0.29, 0.717) is 36.9 Å². The number of aromatic nitrogens is 4.